The Morgan fingerprint density at radius 3 is 2.33 bits per heavy atom. The van der Waals surface area contributed by atoms with Gasteiger partial charge in [-0.2, -0.15) is 5.10 Å². The standard InChI is InChI=1S/C12H8Cl2N2O2/c1-7(17)11-10(12(14)18)6-15-16(11)9-4-2-8(13)3-5-9/h2-6H,1H3. The quantitative estimate of drug-likeness (QED) is 0.642. The zero-order valence-electron chi connectivity index (χ0n) is 9.35. The lowest BCUT2D eigenvalue weighted by atomic mass is 10.2. The molecule has 18 heavy (non-hydrogen) atoms. The number of carbonyl (C=O) groups is 2. The van der Waals surface area contributed by atoms with Crippen molar-refractivity contribution in [2.45, 2.75) is 6.92 Å². The van der Waals surface area contributed by atoms with Gasteiger partial charge in [0, 0.05) is 11.9 Å². The molecule has 0 saturated carbocycles. The number of halogens is 2. The van der Waals surface area contributed by atoms with Crippen molar-refractivity contribution in [3.05, 3.63) is 46.7 Å². The van der Waals surface area contributed by atoms with Gasteiger partial charge in [0.1, 0.15) is 5.69 Å². The number of rotatable bonds is 3. The summed E-state index contributed by atoms with van der Waals surface area (Å²) in [6.07, 6.45) is 1.28. The molecule has 0 aliphatic rings. The van der Waals surface area contributed by atoms with Gasteiger partial charge in [0.2, 0.25) is 0 Å². The van der Waals surface area contributed by atoms with Crippen molar-refractivity contribution in [3.8, 4) is 5.69 Å². The highest BCUT2D eigenvalue weighted by Gasteiger charge is 2.20. The van der Waals surface area contributed by atoms with Gasteiger partial charge in [0.05, 0.1) is 17.4 Å². The van der Waals surface area contributed by atoms with E-state index in [0.717, 1.165) is 0 Å². The molecule has 6 heteroatoms. The smallest absolute Gasteiger partial charge is 0.256 e. The molecular formula is C12H8Cl2N2O2. The first-order chi connectivity index (χ1) is 8.50. The third kappa shape index (κ3) is 2.30. The SMILES string of the molecule is CC(=O)c1c(C(=O)Cl)cnn1-c1ccc(Cl)cc1. The van der Waals surface area contributed by atoms with Crippen molar-refractivity contribution in [1.82, 2.24) is 9.78 Å². The number of hydrogen-bond donors (Lipinski definition) is 0. The maximum atomic E-state index is 11.6. The lowest BCUT2D eigenvalue weighted by Gasteiger charge is -2.05. The second kappa shape index (κ2) is 4.92. The van der Waals surface area contributed by atoms with Gasteiger partial charge in [0.15, 0.2) is 5.78 Å². The van der Waals surface area contributed by atoms with E-state index in [4.69, 9.17) is 23.2 Å². The van der Waals surface area contributed by atoms with Crippen LogP contribution in [0, 0.1) is 0 Å². The number of Topliss-reactive ketones (excluding diaryl/α,β-unsaturated/α-hetero) is 1. The van der Waals surface area contributed by atoms with Gasteiger partial charge in [-0.1, -0.05) is 11.6 Å². The first-order valence-electron chi connectivity index (χ1n) is 5.05. The molecule has 1 aromatic heterocycles. The van der Waals surface area contributed by atoms with Crippen LogP contribution >= 0.6 is 23.2 Å². The van der Waals surface area contributed by atoms with E-state index in [9.17, 15) is 9.59 Å². The topological polar surface area (TPSA) is 52.0 Å². The second-order valence-electron chi connectivity index (χ2n) is 3.62. The van der Waals surface area contributed by atoms with Crippen LogP contribution in [0.5, 0.6) is 0 Å². The van der Waals surface area contributed by atoms with E-state index in [0.29, 0.717) is 10.7 Å². The highest BCUT2D eigenvalue weighted by molar-refractivity contribution is 6.68. The van der Waals surface area contributed by atoms with Crippen LogP contribution in [-0.4, -0.2) is 20.8 Å². The van der Waals surface area contributed by atoms with Crippen LogP contribution in [-0.2, 0) is 0 Å². The van der Waals surface area contributed by atoms with Gasteiger partial charge < -0.3 is 0 Å². The van der Waals surface area contributed by atoms with E-state index in [-0.39, 0.29) is 17.0 Å². The second-order valence-corrected chi connectivity index (χ2v) is 4.40. The highest BCUT2D eigenvalue weighted by Crippen LogP contribution is 2.19. The first kappa shape index (κ1) is 12.8. The number of aromatic nitrogens is 2. The molecule has 0 aliphatic heterocycles. The molecule has 0 fully saturated rings. The van der Waals surface area contributed by atoms with Gasteiger partial charge in [-0.25, -0.2) is 4.68 Å². The zero-order valence-corrected chi connectivity index (χ0v) is 10.9. The molecular weight excluding hydrogens is 275 g/mol. The summed E-state index contributed by atoms with van der Waals surface area (Å²) in [5, 5.41) is 3.87. The minimum absolute atomic E-state index is 0.0964. The van der Waals surface area contributed by atoms with Crippen LogP contribution in [0.15, 0.2) is 30.5 Å². The summed E-state index contributed by atoms with van der Waals surface area (Å²) in [4.78, 5) is 22.8. The van der Waals surface area contributed by atoms with Crippen LogP contribution in [0.2, 0.25) is 5.02 Å². The van der Waals surface area contributed by atoms with Crippen LogP contribution in [0.4, 0.5) is 0 Å². The highest BCUT2D eigenvalue weighted by atomic mass is 35.5. The molecule has 0 spiro atoms. The van der Waals surface area contributed by atoms with Crippen molar-refractivity contribution < 1.29 is 9.59 Å². The summed E-state index contributed by atoms with van der Waals surface area (Å²) in [6.45, 7) is 1.35. The Bertz CT molecular complexity index is 618. The molecule has 2 aromatic rings. The number of nitrogens with zero attached hydrogens (tertiary/aromatic N) is 2. The van der Waals surface area contributed by atoms with Gasteiger partial charge in [0.25, 0.3) is 5.24 Å². The third-order valence-electron chi connectivity index (χ3n) is 2.39. The van der Waals surface area contributed by atoms with Crippen molar-refractivity contribution in [2.24, 2.45) is 0 Å². The number of hydrogen-bond acceptors (Lipinski definition) is 3. The minimum Gasteiger partial charge on any atom is -0.293 e. The molecule has 0 amide bonds. The largest absolute Gasteiger partial charge is 0.293 e. The van der Waals surface area contributed by atoms with Crippen LogP contribution < -0.4 is 0 Å². The molecule has 0 atom stereocenters. The van der Waals surface area contributed by atoms with E-state index < -0.39 is 5.24 Å². The Kier molecular flexibility index (Phi) is 3.50. The fourth-order valence-corrected chi connectivity index (χ4v) is 1.87. The van der Waals surface area contributed by atoms with Gasteiger partial charge in [-0.05, 0) is 35.9 Å². The first-order valence-corrected chi connectivity index (χ1v) is 5.81. The molecule has 2 rings (SSSR count). The summed E-state index contributed by atoms with van der Waals surface area (Å²) in [7, 11) is 0. The zero-order chi connectivity index (χ0) is 13.3. The fraction of sp³-hybridized carbons (Fsp3) is 0.0833. The van der Waals surface area contributed by atoms with E-state index >= 15 is 0 Å². The number of benzene rings is 1. The monoisotopic (exact) mass is 282 g/mol. The average molecular weight is 283 g/mol. The molecule has 0 saturated heterocycles. The average Bonchev–Trinajstić information content (AvgIpc) is 2.74. The molecule has 0 bridgehead atoms. The van der Waals surface area contributed by atoms with E-state index in [1.165, 1.54) is 17.8 Å². The summed E-state index contributed by atoms with van der Waals surface area (Å²) < 4.78 is 1.37. The van der Waals surface area contributed by atoms with Crippen molar-refractivity contribution in [1.29, 1.82) is 0 Å². The Morgan fingerprint density at radius 1 is 1.22 bits per heavy atom. The molecule has 0 unspecified atom stereocenters. The predicted molar refractivity (Wildman–Crippen MR) is 68.8 cm³/mol. The van der Waals surface area contributed by atoms with Gasteiger partial charge in [-0.3, -0.25) is 9.59 Å². The van der Waals surface area contributed by atoms with E-state index in [1.807, 2.05) is 0 Å². The predicted octanol–water partition coefficient (Wildman–Crippen LogP) is 3.11. The summed E-state index contributed by atoms with van der Waals surface area (Å²) in [5.41, 5.74) is 0.894. The van der Waals surface area contributed by atoms with E-state index in [1.54, 1.807) is 24.3 Å². The molecule has 4 nitrogen and oxygen atoms in total. The molecule has 1 heterocycles. The van der Waals surface area contributed by atoms with Crippen molar-refractivity contribution >= 4 is 34.2 Å². The maximum Gasteiger partial charge on any atom is 0.256 e. The fourth-order valence-electron chi connectivity index (χ4n) is 1.61. The Labute approximate surface area is 113 Å². The normalized spacial score (nSPS) is 10.4. The molecule has 0 radical (unpaired) electrons. The van der Waals surface area contributed by atoms with E-state index in [2.05, 4.69) is 5.10 Å². The van der Waals surface area contributed by atoms with Gasteiger partial charge in [-0.15, -0.1) is 0 Å². The lowest BCUT2D eigenvalue weighted by molar-refractivity contribution is 0.0994. The number of ketones is 1. The number of carbonyl (C=O) groups excluding carboxylic acids is 2. The molecule has 0 N–H and O–H groups in total. The molecule has 1 aromatic carbocycles. The van der Waals surface area contributed by atoms with Crippen molar-refractivity contribution in [2.75, 3.05) is 0 Å². The lowest BCUT2D eigenvalue weighted by Crippen LogP contribution is -2.09. The maximum absolute atomic E-state index is 11.6. The summed E-state index contributed by atoms with van der Waals surface area (Å²) >= 11 is 11.2. The minimum atomic E-state index is -0.708. The van der Waals surface area contributed by atoms with Gasteiger partial charge >= 0.3 is 0 Å². The Morgan fingerprint density at radius 2 is 1.83 bits per heavy atom. The summed E-state index contributed by atoms with van der Waals surface area (Å²) in [5.74, 6) is -0.286. The van der Waals surface area contributed by atoms with Crippen LogP contribution in [0.3, 0.4) is 0 Å². The molecule has 92 valence electrons. The van der Waals surface area contributed by atoms with Crippen LogP contribution in [0.1, 0.15) is 27.8 Å². The van der Waals surface area contributed by atoms with Crippen LogP contribution in [0.25, 0.3) is 5.69 Å². The molecule has 0 aliphatic carbocycles. The third-order valence-corrected chi connectivity index (χ3v) is 2.84. The summed E-state index contributed by atoms with van der Waals surface area (Å²) in [6, 6.07) is 6.74. The van der Waals surface area contributed by atoms with Crippen molar-refractivity contribution in [3.63, 3.8) is 0 Å². The Balaban J connectivity index is 2.61. The Hall–Kier alpha value is -1.65.